The van der Waals surface area contributed by atoms with Crippen molar-refractivity contribution in [2.24, 2.45) is 5.92 Å². The number of hydrogen-bond acceptors (Lipinski definition) is 3. The number of nitrogens with one attached hydrogen (secondary N) is 1. The second-order valence-corrected chi connectivity index (χ2v) is 11.4. The van der Waals surface area contributed by atoms with Crippen LogP contribution in [-0.4, -0.2) is 18.9 Å². The van der Waals surface area contributed by atoms with Crippen molar-refractivity contribution < 1.29 is 13.2 Å². The summed E-state index contributed by atoms with van der Waals surface area (Å²) in [6, 6.07) is 15.1. The van der Waals surface area contributed by atoms with Crippen molar-refractivity contribution in [3.63, 3.8) is 0 Å². The lowest BCUT2D eigenvalue weighted by molar-refractivity contribution is -0.120. The summed E-state index contributed by atoms with van der Waals surface area (Å²) in [4.78, 5) is 13.7. The van der Waals surface area contributed by atoms with E-state index in [0.717, 1.165) is 54.5 Å². The number of carbonyl (C=O) groups is 1. The lowest BCUT2D eigenvalue weighted by atomic mass is 9.89. The fourth-order valence-corrected chi connectivity index (χ4v) is 6.62. The molecule has 0 saturated heterocycles. The molecule has 3 aromatic rings. The van der Waals surface area contributed by atoms with E-state index in [9.17, 15) is 13.2 Å². The molecule has 34 heavy (non-hydrogen) atoms. The van der Waals surface area contributed by atoms with Gasteiger partial charge < -0.3 is 9.88 Å². The number of hydrogen-bond donors (Lipinski definition) is 1. The minimum absolute atomic E-state index is 0.0772. The third-order valence-electron chi connectivity index (χ3n) is 7.23. The minimum Gasteiger partial charge on any atom is -0.326 e. The van der Waals surface area contributed by atoms with Crippen LogP contribution in [0.3, 0.4) is 0 Å². The summed E-state index contributed by atoms with van der Waals surface area (Å²) in [7, 11) is -3.85. The number of aryl methyl sites for hydroxylation is 2. The molecule has 1 N–H and O–H groups in total. The van der Waals surface area contributed by atoms with Crippen LogP contribution in [0.1, 0.15) is 60.1 Å². The first-order valence-corrected chi connectivity index (χ1v) is 13.5. The average molecular weight is 479 g/mol. The van der Waals surface area contributed by atoms with Crippen molar-refractivity contribution in [2.75, 3.05) is 5.32 Å². The van der Waals surface area contributed by atoms with E-state index >= 15 is 0 Å². The molecule has 0 aliphatic heterocycles. The maximum atomic E-state index is 14.0. The summed E-state index contributed by atoms with van der Waals surface area (Å²) in [5, 5.41) is 3.08. The zero-order valence-corrected chi connectivity index (χ0v) is 21.3. The van der Waals surface area contributed by atoms with Gasteiger partial charge in [-0.2, -0.15) is 0 Å². The molecule has 2 aromatic carbocycles. The largest absolute Gasteiger partial charge is 0.326 e. The van der Waals surface area contributed by atoms with Gasteiger partial charge in [0.15, 0.2) is 0 Å². The molecule has 0 spiro atoms. The van der Waals surface area contributed by atoms with Crippen molar-refractivity contribution >= 4 is 21.6 Å². The molecule has 0 radical (unpaired) electrons. The Morgan fingerprint density at radius 1 is 0.941 bits per heavy atom. The van der Waals surface area contributed by atoms with Gasteiger partial charge in [0.1, 0.15) is 10.7 Å². The van der Waals surface area contributed by atoms with Crippen molar-refractivity contribution in [1.29, 1.82) is 0 Å². The molecule has 0 atom stereocenters. The summed E-state index contributed by atoms with van der Waals surface area (Å²) in [6.07, 6.45) is 4.92. The first-order valence-electron chi connectivity index (χ1n) is 12.1. The van der Waals surface area contributed by atoms with Gasteiger partial charge in [0.25, 0.3) is 0 Å². The first kappa shape index (κ1) is 24.3. The maximum absolute atomic E-state index is 14.0. The first-order chi connectivity index (χ1) is 16.2. The van der Waals surface area contributed by atoms with Crippen LogP contribution in [0.25, 0.3) is 0 Å². The zero-order chi connectivity index (χ0) is 24.5. The molecule has 1 aliphatic carbocycles. The number of benzene rings is 2. The lowest BCUT2D eigenvalue weighted by Crippen LogP contribution is -2.27. The minimum atomic E-state index is -3.85. The fraction of sp³-hybridized carbons (Fsp3) is 0.393. The third kappa shape index (κ3) is 4.69. The molecular formula is C28H34N2O3S. The molecule has 6 heteroatoms. The highest BCUT2D eigenvalue weighted by Gasteiger charge is 2.32. The van der Waals surface area contributed by atoms with Gasteiger partial charge in [-0.3, -0.25) is 4.79 Å². The van der Waals surface area contributed by atoms with Crippen LogP contribution in [-0.2, 0) is 21.2 Å². The van der Waals surface area contributed by atoms with Gasteiger partial charge in [0.2, 0.25) is 15.7 Å². The number of anilines is 1. The Labute approximate surface area is 203 Å². The maximum Gasteiger partial charge on any atom is 0.228 e. The van der Waals surface area contributed by atoms with Gasteiger partial charge in [-0.25, -0.2) is 8.42 Å². The Kier molecular flexibility index (Phi) is 6.99. The van der Waals surface area contributed by atoms with Gasteiger partial charge in [0.05, 0.1) is 4.90 Å². The van der Waals surface area contributed by atoms with Gasteiger partial charge in [0, 0.05) is 18.2 Å². The van der Waals surface area contributed by atoms with Gasteiger partial charge in [-0.15, -0.1) is 0 Å². The van der Waals surface area contributed by atoms with Crippen molar-refractivity contribution in [3.05, 3.63) is 76.5 Å². The summed E-state index contributed by atoms with van der Waals surface area (Å²) >= 11 is 0. The van der Waals surface area contributed by atoms with Crippen LogP contribution >= 0.6 is 0 Å². The molecule has 1 saturated carbocycles. The van der Waals surface area contributed by atoms with E-state index in [4.69, 9.17) is 0 Å². The number of aromatic nitrogens is 1. The molecule has 1 aromatic heterocycles. The average Bonchev–Trinajstić information content (AvgIpc) is 3.06. The predicted octanol–water partition coefficient (Wildman–Crippen LogP) is 6.12. The van der Waals surface area contributed by atoms with E-state index in [-0.39, 0.29) is 21.6 Å². The van der Waals surface area contributed by atoms with Crippen LogP contribution in [0.4, 0.5) is 5.82 Å². The molecule has 0 bridgehead atoms. The van der Waals surface area contributed by atoms with Crippen LogP contribution in [0.2, 0.25) is 0 Å². The normalized spacial score (nSPS) is 14.8. The lowest BCUT2D eigenvalue weighted by Gasteiger charge is -2.22. The van der Waals surface area contributed by atoms with Gasteiger partial charge >= 0.3 is 0 Å². The predicted molar refractivity (Wildman–Crippen MR) is 136 cm³/mol. The van der Waals surface area contributed by atoms with E-state index in [1.165, 1.54) is 0 Å². The van der Waals surface area contributed by atoms with Crippen LogP contribution in [0.5, 0.6) is 0 Å². The van der Waals surface area contributed by atoms with Gasteiger partial charge in [-0.05, 0) is 74.9 Å². The Hall–Kier alpha value is -2.86. The van der Waals surface area contributed by atoms with E-state index < -0.39 is 9.84 Å². The van der Waals surface area contributed by atoms with E-state index in [1.54, 1.807) is 12.1 Å². The SMILES string of the molecule is Cc1ccc(S(=O)(=O)c2c(C)c(C)n(Cc3ccccc3)c2NC(=O)C2CCCCC2)cc1C. The summed E-state index contributed by atoms with van der Waals surface area (Å²) < 4.78 is 29.8. The Morgan fingerprint density at radius 2 is 1.62 bits per heavy atom. The number of rotatable bonds is 6. The zero-order valence-electron chi connectivity index (χ0n) is 20.5. The Balaban J connectivity index is 1.85. The molecule has 1 amide bonds. The fourth-order valence-electron chi connectivity index (χ4n) is 4.83. The quantitative estimate of drug-likeness (QED) is 0.464. The van der Waals surface area contributed by atoms with Crippen LogP contribution in [0, 0.1) is 33.6 Å². The molecule has 180 valence electrons. The molecule has 1 fully saturated rings. The van der Waals surface area contributed by atoms with Crippen molar-refractivity contribution in [2.45, 2.75) is 76.1 Å². The van der Waals surface area contributed by atoms with E-state index in [1.807, 2.05) is 68.7 Å². The summed E-state index contributed by atoms with van der Waals surface area (Å²) in [6.45, 7) is 8.12. The molecule has 1 aliphatic rings. The van der Waals surface area contributed by atoms with E-state index in [2.05, 4.69) is 5.32 Å². The second-order valence-electron chi connectivity index (χ2n) is 9.53. The van der Waals surface area contributed by atoms with Crippen molar-refractivity contribution in [3.8, 4) is 0 Å². The summed E-state index contributed by atoms with van der Waals surface area (Å²) in [5.74, 6) is 0.224. The van der Waals surface area contributed by atoms with Gasteiger partial charge in [-0.1, -0.05) is 55.7 Å². The molecule has 4 rings (SSSR count). The van der Waals surface area contributed by atoms with Crippen LogP contribution < -0.4 is 5.32 Å². The number of sulfone groups is 1. The van der Waals surface area contributed by atoms with E-state index in [0.29, 0.717) is 17.9 Å². The molecule has 0 unspecified atom stereocenters. The molecular weight excluding hydrogens is 444 g/mol. The Bertz CT molecular complexity index is 1300. The number of amides is 1. The standard InChI is InChI=1S/C28H34N2O3S/c1-19-15-16-25(17-20(19)2)34(32,33)26-21(3)22(4)30(18-23-11-7-5-8-12-23)27(26)29-28(31)24-13-9-6-10-14-24/h5,7-8,11-12,15-17,24H,6,9-10,13-14,18H2,1-4H3,(H,29,31). The molecule has 5 nitrogen and oxygen atoms in total. The highest BCUT2D eigenvalue weighted by molar-refractivity contribution is 7.91. The monoisotopic (exact) mass is 478 g/mol. The highest BCUT2D eigenvalue weighted by atomic mass is 32.2. The van der Waals surface area contributed by atoms with Crippen molar-refractivity contribution in [1.82, 2.24) is 4.57 Å². The number of carbonyl (C=O) groups excluding carboxylic acids is 1. The topological polar surface area (TPSA) is 68.2 Å². The van der Waals surface area contributed by atoms with Crippen LogP contribution in [0.15, 0.2) is 58.3 Å². The second kappa shape index (κ2) is 9.79. The Morgan fingerprint density at radius 3 is 2.26 bits per heavy atom. The molecule has 1 heterocycles. The smallest absolute Gasteiger partial charge is 0.228 e. The third-order valence-corrected chi connectivity index (χ3v) is 9.14. The highest BCUT2D eigenvalue weighted by Crippen LogP contribution is 2.37. The number of nitrogens with zero attached hydrogens (tertiary/aromatic N) is 1. The summed E-state index contributed by atoms with van der Waals surface area (Å²) in [5.41, 5.74) is 4.52.